The van der Waals surface area contributed by atoms with Crippen molar-refractivity contribution in [1.82, 2.24) is 0 Å². The summed E-state index contributed by atoms with van der Waals surface area (Å²) in [4.78, 5) is -0.923. The van der Waals surface area contributed by atoms with E-state index >= 15 is 0 Å². The summed E-state index contributed by atoms with van der Waals surface area (Å²) < 4.78 is 105. The van der Waals surface area contributed by atoms with E-state index in [9.17, 15) is 34.9 Å². The zero-order valence-corrected chi connectivity index (χ0v) is 17.8. The van der Waals surface area contributed by atoms with Crippen molar-refractivity contribution < 1.29 is 34.9 Å². The van der Waals surface area contributed by atoms with Gasteiger partial charge in [-0.3, -0.25) is 0 Å². The van der Waals surface area contributed by atoms with Gasteiger partial charge in [0.15, 0.2) is 0 Å². The Morgan fingerprint density at radius 1 is 1.00 bits per heavy atom. The van der Waals surface area contributed by atoms with Crippen LogP contribution in [0.5, 0.6) is 0 Å². The van der Waals surface area contributed by atoms with Gasteiger partial charge in [-0.1, -0.05) is 50.1 Å². The van der Waals surface area contributed by atoms with Gasteiger partial charge in [-0.05, 0) is 29.3 Å². The Morgan fingerprint density at radius 3 is 2.14 bits per heavy atom. The number of nitrogens with zero attached hydrogens (tertiary/aromatic N) is 1. The first-order valence-corrected chi connectivity index (χ1v) is 10.2. The van der Waals surface area contributed by atoms with Crippen LogP contribution in [0.3, 0.4) is 0 Å². The molecule has 2 aromatic rings. The predicted molar refractivity (Wildman–Crippen MR) is 98.2 cm³/mol. The summed E-state index contributed by atoms with van der Waals surface area (Å²) in [5.74, 6) is -6.53. The number of hydrogen-bond donors (Lipinski definition) is 0. The minimum Gasteiger partial charge on any atom is -0.248 e. The number of benzene rings is 2. The summed E-state index contributed by atoms with van der Waals surface area (Å²) in [6, 6.07) is 9.86. The highest BCUT2D eigenvalue weighted by molar-refractivity contribution is 9.11. The smallest absolute Gasteiger partial charge is 0.248 e. The predicted octanol–water partition coefficient (Wildman–Crippen LogP) is 6.57. The Balaban J connectivity index is 2.65. The fourth-order valence-corrected chi connectivity index (χ4v) is 5.22. The van der Waals surface area contributed by atoms with Crippen LogP contribution in [-0.4, -0.2) is 21.6 Å². The van der Waals surface area contributed by atoms with Gasteiger partial charge in [0.2, 0.25) is 0 Å². The topological polar surface area (TPSA) is 40.9 Å². The van der Waals surface area contributed by atoms with E-state index in [0.29, 0.717) is 0 Å². The lowest BCUT2D eigenvalue weighted by molar-refractivity contribution is -0.331. The van der Waals surface area contributed by atoms with Crippen LogP contribution >= 0.6 is 31.9 Å². The van der Waals surface area contributed by atoms with Crippen molar-refractivity contribution >= 4 is 42.7 Å². The molecule has 0 fully saturated rings. The van der Waals surface area contributed by atoms with Gasteiger partial charge in [0.05, 0.1) is 16.5 Å². The minimum absolute atomic E-state index is 0.0242. The molecule has 0 radical (unpaired) electrons. The van der Waals surface area contributed by atoms with Crippen molar-refractivity contribution in [2.75, 3.05) is 0 Å². The molecule has 0 aliphatic heterocycles. The van der Waals surface area contributed by atoms with E-state index < -0.39 is 33.0 Å². The quantitative estimate of drug-likeness (QED) is 0.384. The maximum absolute atomic E-state index is 14.1. The molecule has 2 rings (SSSR count). The van der Waals surface area contributed by atoms with Crippen molar-refractivity contribution in [3.63, 3.8) is 0 Å². The zero-order chi connectivity index (χ0) is 22.2. The van der Waals surface area contributed by atoms with E-state index in [1.807, 2.05) is 6.07 Å². The van der Waals surface area contributed by atoms with Gasteiger partial charge in [0.25, 0.3) is 0 Å². The Bertz CT molecular complexity index is 1000. The molecule has 156 valence electrons. The van der Waals surface area contributed by atoms with Crippen molar-refractivity contribution in [3.8, 4) is 6.07 Å². The second-order valence-corrected chi connectivity index (χ2v) is 8.93. The van der Waals surface area contributed by atoms with Crippen LogP contribution in [0.4, 0.5) is 30.7 Å². The van der Waals surface area contributed by atoms with Crippen LogP contribution in [0, 0.1) is 11.3 Å². The first kappa shape index (κ1) is 23.8. The molecule has 1 atom stereocenters. The first-order chi connectivity index (χ1) is 13.2. The number of halogens is 9. The Morgan fingerprint density at radius 2 is 1.59 bits per heavy atom. The van der Waals surface area contributed by atoms with E-state index in [0.717, 1.165) is 6.07 Å². The summed E-state index contributed by atoms with van der Waals surface area (Å²) in [7, 11) is -4.07. The highest BCUT2D eigenvalue weighted by Gasteiger charge is 2.76. The maximum atomic E-state index is 14.1. The van der Waals surface area contributed by atoms with Crippen molar-refractivity contribution in [3.05, 3.63) is 62.0 Å². The van der Waals surface area contributed by atoms with Gasteiger partial charge < -0.3 is 0 Å². The maximum Gasteiger partial charge on any atom is 0.461 e. The summed E-state index contributed by atoms with van der Waals surface area (Å²) in [5.41, 5.74) is 0.195. The molecule has 0 aliphatic rings. The van der Waals surface area contributed by atoms with Gasteiger partial charge in [0.1, 0.15) is 10.8 Å². The largest absolute Gasteiger partial charge is 0.461 e. The molecule has 12 heteroatoms. The fourth-order valence-electron chi connectivity index (χ4n) is 2.31. The molecule has 2 nitrogen and oxygen atoms in total. The first-order valence-electron chi connectivity index (χ1n) is 7.44. The second kappa shape index (κ2) is 8.35. The number of nitriles is 1. The summed E-state index contributed by atoms with van der Waals surface area (Å²) in [6.07, 6.45) is -6.92. The second-order valence-electron chi connectivity index (χ2n) is 5.67. The molecule has 0 saturated heterocycles. The van der Waals surface area contributed by atoms with Crippen LogP contribution in [0.2, 0.25) is 0 Å². The summed E-state index contributed by atoms with van der Waals surface area (Å²) in [5, 5.41) is 3.20. The highest BCUT2D eigenvalue weighted by atomic mass is 79.9. The number of hydrogen-bond acceptors (Lipinski definition) is 2. The molecule has 0 saturated carbocycles. The lowest BCUT2D eigenvalue weighted by atomic mass is 10.0. The fraction of sp³-hybridized carbons (Fsp3) is 0.235. The molecule has 0 spiro atoms. The normalized spacial score (nSPS) is 13.8. The molecule has 0 amide bonds. The van der Waals surface area contributed by atoms with E-state index in [4.69, 9.17) is 5.26 Å². The Kier molecular flexibility index (Phi) is 6.86. The number of alkyl halides is 7. The van der Waals surface area contributed by atoms with E-state index in [1.165, 1.54) is 30.3 Å². The lowest BCUT2D eigenvalue weighted by Crippen LogP contribution is -2.54. The minimum atomic E-state index is -6.61. The summed E-state index contributed by atoms with van der Waals surface area (Å²) in [6.45, 7) is 0. The van der Waals surface area contributed by atoms with E-state index in [1.54, 1.807) is 0 Å². The molecule has 0 aliphatic carbocycles. The Labute approximate surface area is 179 Å². The van der Waals surface area contributed by atoms with Crippen molar-refractivity contribution in [2.45, 2.75) is 28.7 Å². The third kappa shape index (κ3) is 4.51. The van der Waals surface area contributed by atoms with Crippen LogP contribution in [0.1, 0.15) is 16.7 Å². The van der Waals surface area contributed by atoms with Crippen LogP contribution < -0.4 is 0 Å². The highest BCUT2D eigenvalue weighted by Crippen LogP contribution is 2.50. The number of rotatable bonds is 5. The van der Waals surface area contributed by atoms with Crippen LogP contribution in [-0.2, 0) is 17.2 Å². The lowest BCUT2D eigenvalue weighted by Gasteiger charge is -2.28. The molecule has 0 bridgehead atoms. The molecule has 0 aromatic heterocycles. The molecular formula is C17H8Br2F7NOS. The van der Waals surface area contributed by atoms with Crippen LogP contribution in [0.25, 0.3) is 0 Å². The summed E-state index contributed by atoms with van der Waals surface area (Å²) >= 11 is 5.94. The molecule has 29 heavy (non-hydrogen) atoms. The van der Waals surface area contributed by atoms with Crippen molar-refractivity contribution in [1.29, 1.82) is 5.26 Å². The Hall–Kier alpha value is -1.45. The molecular weight excluding hydrogens is 559 g/mol. The molecule has 0 heterocycles. The molecule has 1 unspecified atom stereocenters. The van der Waals surface area contributed by atoms with Crippen LogP contribution in [0.15, 0.2) is 50.2 Å². The zero-order valence-electron chi connectivity index (χ0n) is 13.8. The van der Waals surface area contributed by atoms with Gasteiger partial charge in [-0.15, -0.1) is 0 Å². The van der Waals surface area contributed by atoms with Gasteiger partial charge in [0, 0.05) is 15.4 Å². The van der Waals surface area contributed by atoms with E-state index in [-0.39, 0.29) is 32.1 Å². The average molecular weight is 567 g/mol. The molecule has 2 aromatic carbocycles. The third-order valence-corrected chi connectivity index (χ3v) is 6.43. The van der Waals surface area contributed by atoms with Gasteiger partial charge in [-0.25, -0.2) is 4.21 Å². The standard InChI is InChI=1S/C17H8Br2F7NOS/c18-11-6-13(19)12(5-9-3-1-2-4-10(9)8-27)14(7-11)29(28)17(25,26)15(20,21)16(22,23)24/h1-4,6-7H,5H2. The molecule has 0 N–H and O–H groups in total. The van der Waals surface area contributed by atoms with Gasteiger partial charge in [-0.2, -0.15) is 36.0 Å². The van der Waals surface area contributed by atoms with E-state index in [2.05, 4.69) is 31.9 Å². The van der Waals surface area contributed by atoms with Crippen molar-refractivity contribution in [2.24, 2.45) is 0 Å². The monoisotopic (exact) mass is 565 g/mol. The van der Waals surface area contributed by atoms with Gasteiger partial charge >= 0.3 is 17.4 Å². The third-order valence-electron chi connectivity index (χ3n) is 3.78. The average Bonchev–Trinajstić information content (AvgIpc) is 2.62. The SMILES string of the molecule is N#Cc1ccccc1Cc1c(Br)cc(Br)cc1S(=O)C(F)(F)C(F)(F)C(F)(F)F.